The first-order valence-electron chi connectivity index (χ1n) is 5.32. The third kappa shape index (κ3) is 1.36. The lowest BCUT2D eigenvalue weighted by Crippen LogP contribution is -2.12. The maximum absolute atomic E-state index is 11.4. The average molecular weight is 242 g/mol. The molecule has 3 rings (SSSR count). The molecule has 1 aromatic carbocycles. The van der Waals surface area contributed by atoms with Crippen LogP contribution in [0.2, 0.25) is 0 Å². The summed E-state index contributed by atoms with van der Waals surface area (Å²) in [7, 11) is 0. The van der Waals surface area contributed by atoms with Gasteiger partial charge in [0.25, 0.3) is 5.91 Å². The number of aromatic hydroxyl groups is 1. The lowest BCUT2D eigenvalue weighted by Gasteiger charge is -2.06. The standard InChI is InChI=1S/C12H10N4O2/c13-12(18)9-6(2-1-3-8(9)17)10-11-7(15-16-10)4-5-14-11/h1-5,14,17H,(H2,13,18)(H,15,16). The predicted octanol–water partition coefficient (Wildman–Crippen LogP) is 1.36. The number of hydrogen-bond donors (Lipinski definition) is 4. The average Bonchev–Trinajstić information content (AvgIpc) is 2.89. The van der Waals surface area contributed by atoms with Gasteiger partial charge in [0.15, 0.2) is 0 Å². The summed E-state index contributed by atoms with van der Waals surface area (Å²) in [4.78, 5) is 14.5. The van der Waals surface area contributed by atoms with Crippen molar-refractivity contribution in [3.63, 3.8) is 0 Å². The summed E-state index contributed by atoms with van der Waals surface area (Å²) in [5, 5.41) is 16.7. The Morgan fingerprint density at radius 3 is 2.94 bits per heavy atom. The predicted molar refractivity (Wildman–Crippen MR) is 66.1 cm³/mol. The molecule has 0 aliphatic carbocycles. The van der Waals surface area contributed by atoms with E-state index in [9.17, 15) is 9.90 Å². The molecule has 0 saturated carbocycles. The topological polar surface area (TPSA) is 108 Å². The molecule has 0 fully saturated rings. The zero-order valence-corrected chi connectivity index (χ0v) is 9.27. The Kier molecular flexibility index (Phi) is 2.09. The van der Waals surface area contributed by atoms with Crippen molar-refractivity contribution in [3.8, 4) is 17.0 Å². The highest BCUT2D eigenvalue weighted by atomic mass is 16.3. The molecule has 2 aromatic heterocycles. The van der Waals surface area contributed by atoms with E-state index in [0.717, 1.165) is 11.0 Å². The van der Waals surface area contributed by atoms with Crippen molar-refractivity contribution in [2.75, 3.05) is 0 Å². The van der Waals surface area contributed by atoms with Crippen LogP contribution in [0.3, 0.4) is 0 Å². The number of amides is 1. The van der Waals surface area contributed by atoms with Gasteiger partial charge < -0.3 is 15.8 Å². The van der Waals surface area contributed by atoms with Gasteiger partial charge in [-0.1, -0.05) is 12.1 Å². The van der Waals surface area contributed by atoms with Gasteiger partial charge in [0, 0.05) is 11.8 Å². The molecule has 0 unspecified atom stereocenters. The number of aromatic nitrogens is 3. The fourth-order valence-corrected chi connectivity index (χ4v) is 2.02. The van der Waals surface area contributed by atoms with Crippen LogP contribution >= 0.6 is 0 Å². The van der Waals surface area contributed by atoms with Crippen molar-refractivity contribution in [1.82, 2.24) is 15.2 Å². The summed E-state index contributed by atoms with van der Waals surface area (Å²) >= 11 is 0. The van der Waals surface area contributed by atoms with Gasteiger partial charge in [-0.2, -0.15) is 5.10 Å². The summed E-state index contributed by atoms with van der Waals surface area (Å²) in [6.07, 6.45) is 1.76. The Morgan fingerprint density at radius 2 is 2.17 bits per heavy atom. The van der Waals surface area contributed by atoms with Crippen LogP contribution in [0.1, 0.15) is 10.4 Å². The fourth-order valence-electron chi connectivity index (χ4n) is 2.02. The van der Waals surface area contributed by atoms with Gasteiger partial charge in [0.05, 0.1) is 16.6 Å². The number of carbonyl (C=O) groups is 1. The first kappa shape index (κ1) is 10.4. The summed E-state index contributed by atoms with van der Waals surface area (Å²) in [5.41, 5.74) is 8.01. The van der Waals surface area contributed by atoms with Crippen LogP contribution in [-0.2, 0) is 0 Å². The number of nitrogens with one attached hydrogen (secondary N) is 2. The molecule has 0 radical (unpaired) electrons. The Bertz CT molecular complexity index is 741. The van der Waals surface area contributed by atoms with Gasteiger partial charge in [-0.3, -0.25) is 9.89 Å². The minimum absolute atomic E-state index is 0.0699. The molecule has 0 spiro atoms. The highest BCUT2D eigenvalue weighted by Crippen LogP contribution is 2.32. The second kappa shape index (κ2) is 3.63. The van der Waals surface area contributed by atoms with Crippen LogP contribution in [0.15, 0.2) is 30.5 Å². The van der Waals surface area contributed by atoms with Gasteiger partial charge in [-0.05, 0) is 12.1 Å². The largest absolute Gasteiger partial charge is 0.507 e. The third-order valence-electron chi connectivity index (χ3n) is 2.82. The summed E-state index contributed by atoms with van der Waals surface area (Å²) < 4.78 is 0. The molecular weight excluding hydrogens is 232 g/mol. The number of carbonyl (C=O) groups excluding carboxylic acids is 1. The molecule has 3 aromatic rings. The quantitative estimate of drug-likeness (QED) is 0.544. The number of rotatable bonds is 2. The Morgan fingerprint density at radius 1 is 1.33 bits per heavy atom. The van der Waals surface area contributed by atoms with E-state index in [4.69, 9.17) is 5.73 Å². The molecule has 0 aliphatic rings. The molecule has 2 heterocycles. The summed E-state index contributed by atoms with van der Waals surface area (Å²) in [6, 6.07) is 6.58. The number of aromatic amines is 2. The molecule has 5 N–H and O–H groups in total. The minimum atomic E-state index is -0.689. The number of nitrogens with two attached hydrogens (primary N) is 1. The van der Waals surface area contributed by atoms with Crippen LogP contribution < -0.4 is 5.73 Å². The van der Waals surface area contributed by atoms with Crippen molar-refractivity contribution in [2.24, 2.45) is 5.73 Å². The summed E-state index contributed by atoms with van der Waals surface area (Å²) in [5.74, 6) is -0.839. The van der Waals surface area contributed by atoms with E-state index < -0.39 is 5.91 Å². The Hall–Kier alpha value is -2.76. The van der Waals surface area contributed by atoms with E-state index in [0.29, 0.717) is 11.3 Å². The van der Waals surface area contributed by atoms with Crippen molar-refractivity contribution >= 4 is 16.9 Å². The summed E-state index contributed by atoms with van der Waals surface area (Å²) in [6.45, 7) is 0. The molecule has 0 aliphatic heterocycles. The molecule has 1 amide bonds. The molecule has 90 valence electrons. The molecule has 0 atom stereocenters. The van der Waals surface area contributed by atoms with Crippen molar-refractivity contribution in [3.05, 3.63) is 36.0 Å². The van der Waals surface area contributed by atoms with Gasteiger partial charge >= 0.3 is 0 Å². The van der Waals surface area contributed by atoms with Crippen LogP contribution in [0, 0.1) is 0 Å². The highest BCUT2D eigenvalue weighted by molar-refractivity contribution is 6.05. The van der Waals surface area contributed by atoms with E-state index in [1.165, 1.54) is 6.07 Å². The van der Waals surface area contributed by atoms with E-state index in [2.05, 4.69) is 15.2 Å². The van der Waals surface area contributed by atoms with Crippen LogP contribution in [0.5, 0.6) is 5.75 Å². The number of hydrogen-bond acceptors (Lipinski definition) is 3. The van der Waals surface area contributed by atoms with Crippen LogP contribution in [-0.4, -0.2) is 26.2 Å². The lowest BCUT2D eigenvalue weighted by molar-refractivity contribution is 0.0998. The monoisotopic (exact) mass is 242 g/mol. The second-order valence-corrected chi connectivity index (χ2v) is 3.90. The van der Waals surface area contributed by atoms with E-state index >= 15 is 0 Å². The molecule has 6 nitrogen and oxygen atoms in total. The smallest absolute Gasteiger partial charge is 0.253 e. The van der Waals surface area contributed by atoms with Crippen molar-refractivity contribution in [2.45, 2.75) is 0 Å². The third-order valence-corrected chi connectivity index (χ3v) is 2.82. The van der Waals surface area contributed by atoms with Gasteiger partial charge in [-0.25, -0.2) is 0 Å². The number of phenols is 1. The number of H-pyrrole nitrogens is 2. The first-order valence-corrected chi connectivity index (χ1v) is 5.32. The molecule has 18 heavy (non-hydrogen) atoms. The van der Waals surface area contributed by atoms with Crippen LogP contribution in [0.25, 0.3) is 22.3 Å². The highest BCUT2D eigenvalue weighted by Gasteiger charge is 2.18. The van der Waals surface area contributed by atoms with Gasteiger partial charge in [-0.15, -0.1) is 0 Å². The normalized spacial score (nSPS) is 10.9. The van der Waals surface area contributed by atoms with Crippen molar-refractivity contribution in [1.29, 1.82) is 0 Å². The Labute approximate surface area is 101 Å². The molecule has 0 bridgehead atoms. The SMILES string of the molecule is NC(=O)c1c(O)cccc1-c1n[nH]c2cc[nH]c12. The van der Waals surface area contributed by atoms with Gasteiger partial charge in [0.2, 0.25) is 0 Å². The number of nitrogens with zero attached hydrogens (tertiary/aromatic N) is 1. The zero-order chi connectivity index (χ0) is 12.7. The van der Waals surface area contributed by atoms with Gasteiger partial charge in [0.1, 0.15) is 11.4 Å². The van der Waals surface area contributed by atoms with E-state index in [1.807, 2.05) is 6.07 Å². The zero-order valence-electron chi connectivity index (χ0n) is 9.27. The second-order valence-electron chi connectivity index (χ2n) is 3.90. The molecule has 0 saturated heterocycles. The maximum Gasteiger partial charge on any atom is 0.253 e. The number of benzene rings is 1. The van der Waals surface area contributed by atoms with E-state index in [1.54, 1.807) is 18.3 Å². The van der Waals surface area contributed by atoms with Crippen LogP contribution in [0.4, 0.5) is 0 Å². The molecular formula is C12H10N4O2. The molecule has 6 heteroatoms. The maximum atomic E-state index is 11.4. The minimum Gasteiger partial charge on any atom is -0.507 e. The number of primary amides is 1. The lowest BCUT2D eigenvalue weighted by atomic mass is 10.0. The Balaban J connectivity index is 2.33. The van der Waals surface area contributed by atoms with Crippen molar-refractivity contribution < 1.29 is 9.90 Å². The first-order chi connectivity index (χ1) is 8.68. The van der Waals surface area contributed by atoms with E-state index in [-0.39, 0.29) is 11.3 Å². The fraction of sp³-hybridized carbons (Fsp3) is 0. The number of fused-ring (bicyclic) bond motifs is 1.